The molecule has 0 amide bonds. The molecule has 0 aromatic heterocycles. The Hall–Kier alpha value is -1.85. The number of carbonyl (C=O) groups excluding carboxylic acids is 3. The van der Waals surface area contributed by atoms with Gasteiger partial charge in [-0.05, 0) is 44.9 Å². The third kappa shape index (κ3) is 43.3. The molecule has 1 atom stereocenters. The zero-order valence-corrected chi connectivity index (χ0v) is 37.7. The minimum atomic E-state index is -0.765. The second-order valence-electron chi connectivity index (χ2n) is 16.7. The van der Waals surface area contributed by atoms with E-state index in [-0.39, 0.29) is 31.1 Å². The molecule has 0 heterocycles. The molecule has 0 fully saturated rings. The molecule has 0 saturated carbocycles. The Labute approximate surface area is 348 Å². The van der Waals surface area contributed by atoms with Crippen LogP contribution in [0.5, 0.6) is 0 Å². The Morgan fingerprint density at radius 3 is 0.893 bits per heavy atom. The van der Waals surface area contributed by atoms with Gasteiger partial charge in [-0.25, -0.2) is 0 Å². The minimum Gasteiger partial charge on any atom is -0.462 e. The van der Waals surface area contributed by atoms with Gasteiger partial charge in [0, 0.05) is 19.3 Å². The third-order valence-electron chi connectivity index (χ3n) is 11.0. The van der Waals surface area contributed by atoms with Crippen LogP contribution in [0.1, 0.15) is 271 Å². The van der Waals surface area contributed by atoms with Crippen LogP contribution in [0.3, 0.4) is 0 Å². The van der Waals surface area contributed by atoms with Gasteiger partial charge in [-0.2, -0.15) is 0 Å². The van der Waals surface area contributed by atoms with E-state index in [1.807, 2.05) is 0 Å². The lowest BCUT2D eigenvalue weighted by Crippen LogP contribution is -2.30. The molecule has 0 rings (SSSR count). The predicted molar refractivity (Wildman–Crippen MR) is 238 cm³/mol. The number of unbranched alkanes of at least 4 members (excludes halogenated alkanes) is 32. The molecule has 0 aromatic carbocycles. The standard InChI is InChI=1S/C50H94O6/c1-4-7-10-13-16-18-20-22-24-25-26-27-29-30-32-34-37-40-43-49(52)55-46-47(45-54-48(51)42-39-36-15-12-9-6-3)56-50(53)44-41-38-35-33-31-28-23-21-19-17-14-11-8-5-2/h21,23,47H,4-20,22,24-46H2,1-3H3/b23-21-. The van der Waals surface area contributed by atoms with E-state index in [2.05, 4.69) is 32.9 Å². The number of hydrogen-bond acceptors (Lipinski definition) is 6. The maximum atomic E-state index is 12.7. The van der Waals surface area contributed by atoms with Gasteiger partial charge in [-0.1, -0.05) is 219 Å². The summed E-state index contributed by atoms with van der Waals surface area (Å²) in [7, 11) is 0. The van der Waals surface area contributed by atoms with Crippen LogP contribution in [-0.4, -0.2) is 37.2 Å². The van der Waals surface area contributed by atoms with E-state index in [9.17, 15) is 14.4 Å². The number of hydrogen-bond donors (Lipinski definition) is 0. The molecule has 0 bridgehead atoms. The molecule has 0 aliphatic carbocycles. The minimum absolute atomic E-state index is 0.0693. The fourth-order valence-electron chi connectivity index (χ4n) is 7.26. The van der Waals surface area contributed by atoms with Crippen LogP contribution in [0.25, 0.3) is 0 Å². The SMILES string of the molecule is CCCCCCC/C=C\CCCCCCCC(=O)OC(COC(=O)CCCCCCCC)COC(=O)CCCCCCCCCCCCCCCCCCCC. The fraction of sp³-hybridized carbons (Fsp3) is 0.900. The maximum Gasteiger partial charge on any atom is 0.306 e. The summed E-state index contributed by atoms with van der Waals surface area (Å²) in [6.45, 7) is 6.59. The fourth-order valence-corrected chi connectivity index (χ4v) is 7.26. The van der Waals surface area contributed by atoms with Crippen molar-refractivity contribution in [2.45, 2.75) is 277 Å². The number of rotatable bonds is 45. The van der Waals surface area contributed by atoms with Crippen LogP contribution in [0.15, 0.2) is 12.2 Å². The number of esters is 3. The Kier molecular flexibility index (Phi) is 44.3. The topological polar surface area (TPSA) is 78.9 Å². The number of carbonyl (C=O) groups is 3. The first-order valence-corrected chi connectivity index (χ1v) is 24.7. The highest BCUT2D eigenvalue weighted by atomic mass is 16.6. The first-order valence-electron chi connectivity index (χ1n) is 24.7. The van der Waals surface area contributed by atoms with E-state index in [4.69, 9.17) is 14.2 Å². The highest BCUT2D eigenvalue weighted by molar-refractivity contribution is 5.71. The van der Waals surface area contributed by atoms with Gasteiger partial charge in [0.15, 0.2) is 6.10 Å². The van der Waals surface area contributed by atoms with Crippen molar-refractivity contribution in [3.63, 3.8) is 0 Å². The van der Waals surface area contributed by atoms with Crippen LogP contribution < -0.4 is 0 Å². The van der Waals surface area contributed by atoms with Gasteiger partial charge in [-0.15, -0.1) is 0 Å². The van der Waals surface area contributed by atoms with Crippen molar-refractivity contribution >= 4 is 17.9 Å². The lowest BCUT2D eigenvalue weighted by Gasteiger charge is -2.18. The molecule has 6 heteroatoms. The molecule has 330 valence electrons. The Bertz CT molecular complexity index is 870. The zero-order chi connectivity index (χ0) is 40.8. The average molecular weight is 791 g/mol. The third-order valence-corrected chi connectivity index (χ3v) is 11.0. The van der Waals surface area contributed by atoms with Gasteiger partial charge in [0.05, 0.1) is 0 Å². The van der Waals surface area contributed by atoms with Crippen molar-refractivity contribution in [3.8, 4) is 0 Å². The second-order valence-corrected chi connectivity index (χ2v) is 16.7. The molecule has 0 aliphatic heterocycles. The summed E-state index contributed by atoms with van der Waals surface area (Å²) in [5.74, 6) is -0.875. The van der Waals surface area contributed by atoms with Crippen molar-refractivity contribution in [2.24, 2.45) is 0 Å². The largest absolute Gasteiger partial charge is 0.462 e. The van der Waals surface area contributed by atoms with Gasteiger partial charge in [0.2, 0.25) is 0 Å². The van der Waals surface area contributed by atoms with Gasteiger partial charge in [-0.3, -0.25) is 14.4 Å². The van der Waals surface area contributed by atoms with Crippen molar-refractivity contribution in [3.05, 3.63) is 12.2 Å². The smallest absolute Gasteiger partial charge is 0.306 e. The van der Waals surface area contributed by atoms with Crippen molar-refractivity contribution in [1.29, 1.82) is 0 Å². The quantitative estimate of drug-likeness (QED) is 0.0264. The van der Waals surface area contributed by atoms with E-state index >= 15 is 0 Å². The molecule has 56 heavy (non-hydrogen) atoms. The normalized spacial score (nSPS) is 12.0. The summed E-state index contributed by atoms with van der Waals surface area (Å²) in [6.07, 6.45) is 49.3. The Morgan fingerprint density at radius 2 is 0.589 bits per heavy atom. The van der Waals surface area contributed by atoms with Crippen LogP contribution in [-0.2, 0) is 28.6 Å². The monoisotopic (exact) mass is 791 g/mol. The summed E-state index contributed by atoms with van der Waals surface area (Å²) >= 11 is 0. The molecule has 0 N–H and O–H groups in total. The summed E-state index contributed by atoms with van der Waals surface area (Å²) in [5, 5.41) is 0. The number of allylic oxidation sites excluding steroid dienone is 2. The van der Waals surface area contributed by atoms with Crippen molar-refractivity contribution in [1.82, 2.24) is 0 Å². The first-order chi connectivity index (χ1) is 27.5. The van der Waals surface area contributed by atoms with Gasteiger partial charge < -0.3 is 14.2 Å². The van der Waals surface area contributed by atoms with Crippen LogP contribution in [0.4, 0.5) is 0 Å². The Balaban J connectivity index is 4.18. The van der Waals surface area contributed by atoms with Crippen LogP contribution in [0.2, 0.25) is 0 Å². The maximum absolute atomic E-state index is 12.7. The molecule has 1 unspecified atom stereocenters. The summed E-state index contributed by atoms with van der Waals surface area (Å²) < 4.78 is 16.7. The van der Waals surface area contributed by atoms with E-state index in [1.165, 1.54) is 167 Å². The summed E-state index contributed by atoms with van der Waals surface area (Å²) in [4.78, 5) is 37.6. The molecule has 0 saturated heterocycles. The first kappa shape index (κ1) is 54.2. The predicted octanol–water partition coefficient (Wildman–Crippen LogP) is 15.8. The average Bonchev–Trinajstić information content (AvgIpc) is 3.19. The summed E-state index contributed by atoms with van der Waals surface area (Å²) in [6, 6.07) is 0. The Morgan fingerprint density at radius 1 is 0.339 bits per heavy atom. The molecular weight excluding hydrogens is 697 g/mol. The van der Waals surface area contributed by atoms with Crippen LogP contribution in [0, 0.1) is 0 Å². The molecule has 6 nitrogen and oxygen atoms in total. The van der Waals surface area contributed by atoms with Crippen LogP contribution >= 0.6 is 0 Å². The lowest BCUT2D eigenvalue weighted by molar-refractivity contribution is -0.167. The molecule has 0 radical (unpaired) electrons. The molecular formula is C50H94O6. The summed E-state index contributed by atoms with van der Waals surface area (Å²) in [5.41, 5.74) is 0. The van der Waals surface area contributed by atoms with Gasteiger partial charge >= 0.3 is 17.9 Å². The van der Waals surface area contributed by atoms with E-state index in [0.717, 1.165) is 64.2 Å². The van der Waals surface area contributed by atoms with E-state index < -0.39 is 6.10 Å². The van der Waals surface area contributed by atoms with Gasteiger partial charge in [0.25, 0.3) is 0 Å². The molecule has 0 aromatic rings. The van der Waals surface area contributed by atoms with E-state index in [0.29, 0.717) is 19.3 Å². The lowest BCUT2D eigenvalue weighted by atomic mass is 10.0. The number of ether oxygens (including phenoxy) is 3. The van der Waals surface area contributed by atoms with Crippen molar-refractivity contribution < 1.29 is 28.6 Å². The van der Waals surface area contributed by atoms with Crippen molar-refractivity contribution in [2.75, 3.05) is 13.2 Å². The van der Waals surface area contributed by atoms with E-state index in [1.54, 1.807) is 0 Å². The highest BCUT2D eigenvalue weighted by Gasteiger charge is 2.19. The molecule has 0 aliphatic rings. The molecule has 0 spiro atoms. The second kappa shape index (κ2) is 45.8. The zero-order valence-electron chi connectivity index (χ0n) is 37.7. The van der Waals surface area contributed by atoms with Gasteiger partial charge in [0.1, 0.15) is 13.2 Å². The highest BCUT2D eigenvalue weighted by Crippen LogP contribution is 2.16.